The van der Waals surface area contributed by atoms with Gasteiger partial charge in [0.2, 0.25) is 5.91 Å². The number of carboxylic acid groups (broad SMARTS) is 1. The third-order valence-electron chi connectivity index (χ3n) is 2.92. The van der Waals surface area contributed by atoms with Crippen molar-refractivity contribution in [1.29, 1.82) is 0 Å². The topological polar surface area (TPSA) is 114 Å². The van der Waals surface area contributed by atoms with E-state index in [2.05, 4.69) is 15.3 Å². The molecule has 1 aromatic heterocycles. The van der Waals surface area contributed by atoms with Gasteiger partial charge in [0.15, 0.2) is 17.2 Å². The van der Waals surface area contributed by atoms with Crippen LogP contribution in [0.3, 0.4) is 0 Å². The Hall–Kier alpha value is -3.29. The van der Waals surface area contributed by atoms with Gasteiger partial charge >= 0.3 is 5.97 Å². The summed E-state index contributed by atoms with van der Waals surface area (Å²) in [6, 6.07) is 5.18. The molecule has 8 heteroatoms. The van der Waals surface area contributed by atoms with E-state index in [1.807, 2.05) is 0 Å². The molecule has 8 nitrogen and oxygen atoms in total. The summed E-state index contributed by atoms with van der Waals surface area (Å²) in [6.07, 6.45) is 4.03. The lowest BCUT2D eigenvalue weighted by molar-refractivity contribution is -0.111. The molecule has 1 amide bonds. The van der Waals surface area contributed by atoms with Gasteiger partial charge in [0.25, 0.3) is 0 Å². The number of carbonyl (C=O) groups is 2. The van der Waals surface area contributed by atoms with Crippen LogP contribution in [0.2, 0.25) is 0 Å². The van der Waals surface area contributed by atoms with E-state index in [1.165, 1.54) is 26.6 Å². The summed E-state index contributed by atoms with van der Waals surface area (Å²) in [5, 5.41) is 11.3. The third kappa shape index (κ3) is 3.88. The number of aromatic carboxylic acids is 1. The van der Waals surface area contributed by atoms with Gasteiger partial charge in [-0.1, -0.05) is 6.07 Å². The number of rotatable bonds is 6. The highest BCUT2D eigenvalue weighted by Gasteiger charge is 2.14. The van der Waals surface area contributed by atoms with Gasteiger partial charge in [-0.15, -0.1) is 0 Å². The summed E-state index contributed by atoms with van der Waals surface area (Å²) in [6.45, 7) is 0. The van der Waals surface area contributed by atoms with Crippen LogP contribution >= 0.6 is 0 Å². The minimum Gasteiger partial charge on any atom is -0.493 e. The normalized spacial score (nSPS) is 10.5. The second-order valence-corrected chi connectivity index (χ2v) is 4.37. The highest BCUT2D eigenvalue weighted by atomic mass is 16.5. The zero-order valence-corrected chi connectivity index (χ0v) is 12.5. The van der Waals surface area contributed by atoms with E-state index >= 15 is 0 Å². The molecular formula is C15H15N3O5. The van der Waals surface area contributed by atoms with Gasteiger partial charge < -0.3 is 24.9 Å². The fraction of sp³-hybridized carbons (Fsp3) is 0.133. The zero-order valence-electron chi connectivity index (χ0n) is 12.5. The van der Waals surface area contributed by atoms with E-state index in [4.69, 9.17) is 14.6 Å². The predicted molar refractivity (Wildman–Crippen MR) is 82.8 cm³/mol. The van der Waals surface area contributed by atoms with Crippen LogP contribution in [0.5, 0.6) is 11.5 Å². The Kier molecular flexibility index (Phi) is 4.98. The zero-order chi connectivity index (χ0) is 16.8. The first-order valence-electron chi connectivity index (χ1n) is 6.53. The smallest absolute Gasteiger partial charge is 0.358 e. The van der Waals surface area contributed by atoms with E-state index in [1.54, 1.807) is 24.3 Å². The molecule has 3 N–H and O–H groups in total. The molecular weight excluding hydrogens is 302 g/mol. The fourth-order valence-corrected chi connectivity index (χ4v) is 1.84. The summed E-state index contributed by atoms with van der Waals surface area (Å²) in [5.41, 5.74) is 0.471. The molecule has 0 bridgehead atoms. The van der Waals surface area contributed by atoms with Crippen molar-refractivity contribution in [2.75, 3.05) is 19.5 Å². The largest absolute Gasteiger partial charge is 0.493 e. The number of ether oxygens (including phenoxy) is 2. The lowest BCUT2D eigenvalue weighted by Gasteiger charge is -2.07. The molecule has 2 rings (SSSR count). The number of anilines is 1. The number of benzene rings is 1. The van der Waals surface area contributed by atoms with E-state index in [-0.39, 0.29) is 11.5 Å². The Labute approximate surface area is 131 Å². The Morgan fingerprint density at radius 3 is 2.65 bits per heavy atom. The summed E-state index contributed by atoms with van der Waals surface area (Å²) in [7, 11) is 3.05. The number of hydrogen-bond acceptors (Lipinski definition) is 5. The van der Waals surface area contributed by atoms with Gasteiger partial charge in [-0.25, -0.2) is 9.78 Å². The average Bonchev–Trinajstić information content (AvgIpc) is 3.00. The van der Waals surface area contributed by atoms with Crippen molar-refractivity contribution >= 4 is 23.8 Å². The maximum absolute atomic E-state index is 11.8. The molecule has 0 spiro atoms. The first-order chi connectivity index (χ1) is 11.0. The van der Waals surface area contributed by atoms with Crippen LogP contribution in [0.15, 0.2) is 30.6 Å². The van der Waals surface area contributed by atoms with Crippen LogP contribution in [0.4, 0.5) is 5.82 Å². The van der Waals surface area contributed by atoms with Gasteiger partial charge in [-0.3, -0.25) is 4.79 Å². The van der Waals surface area contributed by atoms with Gasteiger partial charge in [-0.05, 0) is 23.8 Å². The maximum Gasteiger partial charge on any atom is 0.358 e. The van der Waals surface area contributed by atoms with E-state index in [0.29, 0.717) is 11.5 Å². The van der Waals surface area contributed by atoms with Crippen LogP contribution in [-0.4, -0.2) is 41.2 Å². The van der Waals surface area contributed by atoms with Crippen LogP contribution < -0.4 is 14.8 Å². The maximum atomic E-state index is 11.8. The molecule has 120 valence electrons. The molecule has 23 heavy (non-hydrogen) atoms. The van der Waals surface area contributed by atoms with Gasteiger partial charge in [0.05, 0.1) is 20.5 Å². The first-order valence-corrected chi connectivity index (χ1v) is 6.53. The summed E-state index contributed by atoms with van der Waals surface area (Å²) < 4.78 is 10.3. The second kappa shape index (κ2) is 7.12. The standard InChI is InChI=1S/C15H15N3O5/c1-22-10-5-3-9(7-11(10)23-2)4-6-12(19)18-14-13(15(20)21)16-8-17-14/h3-8H,1-2H3,(H,16,17)(H,18,19)(H,20,21)/b6-4+. The molecule has 0 radical (unpaired) electrons. The number of aromatic amines is 1. The van der Waals surface area contributed by atoms with Crippen molar-refractivity contribution in [3.05, 3.63) is 41.9 Å². The van der Waals surface area contributed by atoms with E-state index in [9.17, 15) is 9.59 Å². The van der Waals surface area contributed by atoms with Crippen LogP contribution in [0.1, 0.15) is 16.1 Å². The lowest BCUT2D eigenvalue weighted by atomic mass is 10.2. The second-order valence-electron chi connectivity index (χ2n) is 4.37. The number of amides is 1. The van der Waals surface area contributed by atoms with Crippen LogP contribution in [-0.2, 0) is 4.79 Å². The summed E-state index contributed by atoms with van der Waals surface area (Å²) in [5.74, 6) is -0.578. The molecule has 0 fully saturated rings. The number of H-pyrrole nitrogens is 1. The average molecular weight is 317 g/mol. The van der Waals surface area contributed by atoms with Crippen molar-refractivity contribution in [2.24, 2.45) is 0 Å². The highest BCUT2D eigenvalue weighted by Crippen LogP contribution is 2.27. The number of nitrogens with one attached hydrogen (secondary N) is 2. The molecule has 2 aromatic rings. The van der Waals surface area contributed by atoms with Crippen molar-refractivity contribution < 1.29 is 24.2 Å². The fourth-order valence-electron chi connectivity index (χ4n) is 1.84. The number of hydrogen-bond donors (Lipinski definition) is 3. The molecule has 0 aliphatic carbocycles. The molecule has 1 aromatic carbocycles. The van der Waals surface area contributed by atoms with Crippen LogP contribution in [0, 0.1) is 0 Å². The molecule has 0 atom stereocenters. The molecule has 0 saturated heterocycles. The van der Waals surface area contributed by atoms with E-state index in [0.717, 1.165) is 5.56 Å². The predicted octanol–water partition coefficient (Wildman–Crippen LogP) is 1.78. The molecule has 0 aliphatic rings. The quantitative estimate of drug-likeness (QED) is 0.700. The highest BCUT2D eigenvalue weighted by molar-refractivity contribution is 6.04. The molecule has 1 heterocycles. The Bertz CT molecular complexity index is 751. The lowest BCUT2D eigenvalue weighted by Crippen LogP contribution is -2.11. The van der Waals surface area contributed by atoms with Crippen molar-refractivity contribution in [3.8, 4) is 11.5 Å². The van der Waals surface area contributed by atoms with E-state index < -0.39 is 11.9 Å². The van der Waals surface area contributed by atoms with Crippen molar-refractivity contribution in [2.45, 2.75) is 0 Å². The van der Waals surface area contributed by atoms with Gasteiger partial charge in [0.1, 0.15) is 5.82 Å². The summed E-state index contributed by atoms with van der Waals surface area (Å²) >= 11 is 0. The Morgan fingerprint density at radius 2 is 2.00 bits per heavy atom. The number of aromatic nitrogens is 2. The first kappa shape index (κ1) is 16.1. The number of nitrogens with zero attached hydrogens (tertiary/aromatic N) is 1. The van der Waals surface area contributed by atoms with Crippen molar-refractivity contribution in [1.82, 2.24) is 9.97 Å². The van der Waals surface area contributed by atoms with Gasteiger partial charge in [-0.2, -0.15) is 0 Å². The summed E-state index contributed by atoms with van der Waals surface area (Å²) in [4.78, 5) is 28.9. The molecule has 0 unspecified atom stereocenters. The minimum atomic E-state index is -1.23. The Balaban J connectivity index is 2.09. The molecule has 0 saturated carbocycles. The minimum absolute atomic E-state index is 0.0273. The van der Waals surface area contributed by atoms with Gasteiger partial charge in [0, 0.05) is 6.08 Å². The number of methoxy groups -OCH3 is 2. The Morgan fingerprint density at radius 1 is 1.26 bits per heavy atom. The third-order valence-corrected chi connectivity index (χ3v) is 2.92. The van der Waals surface area contributed by atoms with Crippen LogP contribution in [0.25, 0.3) is 6.08 Å². The number of carbonyl (C=O) groups excluding carboxylic acids is 1. The molecule has 0 aliphatic heterocycles. The number of carboxylic acids is 1. The SMILES string of the molecule is COc1ccc(/C=C/C(=O)Nc2[nH]cnc2C(=O)O)cc1OC. The van der Waals surface area contributed by atoms with Crippen molar-refractivity contribution in [3.63, 3.8) is 0 Å². The monoisotopic (exact) mass is 317 g/mol. The number of imidazole rings is 1.